The van der Waals surface area contributed by atoms with E-state index in [9.17, 15) is 4.79 Å². The number of hydrogen-bond donors (Lipinski definition) is 1. The van der Waals surface area contributed by atoms with Crippen LogP contribution in [0, 0.1) is 0 Å². The van der Waals surface area contributed by atoms with Crippen molar-refractivity contribution in [2.24, 2.45) is 0 Å². The Morgan fingerprint density at radius 3 is 2.75 bits per heavy atom. The number of pyridine rings is 1. The molecule has 1 aromatic heterocycles. The second-order valence-corrected chi connectivity index (χ2v) is 5.38. The van der Waals surface area contributed by atoms with Gasteiger partial charge in [-0.05, 0) is 25.0 Å². The Kier molecular flexibility index (Phi) is 5.35. The van der Waals surface area contributed by atoms with Gasteiger partial charge < -0.3 is 10.2 Å². The van der Waals surface area contributed by atoms with Gasteiger partial charge in [0.1, 0.15) is 0 Å². The number of piperazine rings is 1. The van der Waals surface area contributed by atoms with Crippen molar-refractivity contribution in [2.45, 2.75) is 32.9 Å². The molecule has 0 spiro atoms. The van der Waals surface area contributed by atoms with Crippen LogP contribution in [0.15, 0.2) is 24.5 Å². The zero-order valence-corrected chi connectivity index (χ0v) is 12.4. The third-order valence-corrected chi connectivity index (χ3v) is 3.77. The smallest absolute Gasteiger partial charge is 0.317 e. The summed E-state index contributed by atoms with van der Waals surface area (Å²) in [6.07, 6.45) is 4.66. The van der Waals surface area contributed by atoms with E-state index >= 15 is 0 Å². The number of aromatic nitrogens is 1. The Bertz CT molecular complexity index is 415. The summed E-state index contributed by atoms with van der Waals surface area (Å²) in [4.78, 5) is 20.4. The predicted octanol–water partition coefficient (Wildman–Crippen LogP) is 1.71. The van der Waals surface area contributed by atoms with Gasteiger partial charge in [-0.15, -0.1) is 0 Å². The van der Waals surface area contributed by atoms with E-state index < -0.39 is 0 Å². The number of rotatable bonds is 4. The van der Waals surface area contributed by atoms with Crippen LogP contribution in [0.5, 0.6) is 0 Å². The lowest BCUT2D eigenvalue weighted by molar-refractivity contribution is 0.133. The lowest BCUT2D eigenvalue weighted by atomic mass is 10.2. The molecule has 1 saturated heterocycles. The predicted molar refractivity (Wildman–Crippen MR) is 79.4 cm³/mol. The van der Waals surface area contributed by atoms with Gasteiger partial charge in [-0.25, -0.2) is 4.79 Å². The molecule has 110 valence electrons. The van der Waals surface area contributed by atoms with Crippen LogP contribution in [0.4, 0.5) is 4.79 Å². The molecule has 5 nitrogen and oxygen atoms in total. The molecule has 2 amide bonds. The van der Waals surface area contributed by atoms with Crippen molar-refractivity contribution >= 4 is 6.03 Å². The van der Waals surface area contributed by atoms with Crippen LogP contribution in [0.2, 0.25) is 0 Å². The highest BCUT2D eigenvalue weighted by Gasteiger charge is 2.21. The van der Waals surface area contributed by atoms with E-state index in [1.54, 1.807) is 6.20 Å². The summed E-state index contributed by atoms with van der Waals surface area (Å²) in [6, 6.07) is 4.37. The maximum absolute atomic E-state index is 12.0. The van der Waals surface area contributed by atoms with Gasteiger partial charge in [-0.1, -0.05) is 13.0 Å². The van der Waals surface area contributed by atoms with Crippen molar-refractivity contribution in [1.82, 2.24) is 20.1 Å². The van der Waals surface area contributed by atoms with Gasteiger partial charge in [0.15, 0.2) is 0 Å². The molecule has 2 rings (SSSR count). The van der Waals surface area contributed by atoms with E-state index in [2.05, 4.69) is 28.2 Å². The van der Waals surface area contributed by atoms with Gasteiger partial charge in [-0.3, -0.25) is 9.88 Å². The third kappa shape index (κ3) is 4.20. The molecule has 1 N–H and O–H groups in total. The standard InChI is InChI=1S/C15H24N4O/c1-3-13(2)17-15(20)19-9-7-18(8-10-19)12-14-5-4-6-16-11-14/h4-6,11,13H,3,7-10,12H2,1-2H3,(H,17,20). The molecule has 1 unspecified atom stereocenters. The van der Waals surface area contributed by atoms with Crippen LogP contribution in [-0.2, 0) is 6.54 Å². The molecule has 1 fully saturated rings. The maximum Gasteiger partial charge on any atom is 0.317 e. The highest BCUT2D eigenvalue weighted by Crippen LogP contribution is 2.08. The second kappa shape index (κ2) is 7.24. The van der Waals surface area contributed by atoms with Crippen LogP contribution in [0.3, 0.4) is 0 Å². The minimum Gasteiger partial charge on any atom is -0.336 e. The first-order valence-electron chi connectivity index (χ1n) is 7.35. The minimum atomic E-state index is 0.0698. The lowest BCUT2D eigenvalue weighted by Crippen LogP contribution is -2.52. The van der Waals surface area contributed by atoms with Crippen LogP contribution in [-0.4, -0.2) is 53.0 Å². The number of hydrogen-bond acceptors (Lipinski definition) is 3. The second-order valence-electron chi connectivity index (χ2n) is 5.38. The number of urea groups is 1. The fraction of sp³-hybridized carbons (Fsp3) is 0.600. The Morgan fingerprint density at radius 2 is 2.15 bits per heavy atom. The summed E-state index contributed by atoms with van der Waals surface area (Å²) in [5.74, 6) is 0. The van der Waals surface area contributed by atoms with Gasteiger partial charge in [0.25, 0.3) is 0 Å². The minimum absolute atomic E-state index is 0.0698. The number of nitrogens with one attached hydrogen (secondary N) is 1. The van der Waals surface area contributed by atoms with Crippen LogP contribution >= 0.6 is 0 Å². The Balaban J connectivity index is 1.76. The molecule has 0 aliphatic carbocycles. The summed E-state index contributed by atoms with van der Waals surface area (Å²) < 4.78 is 0. The van der Waals surface area contributed by atoms with Gasteiger partial charge in [0, 0.05) is 51.2 Å². The Labute approximate surface area is 121 Å². The monoisotopic (exact) mass is 276 g/mol. The quantitative estimate of drug-likeness (QED) is 0.910. The molecule has 1 aliphatic rings. The largest absolute Gasteiger partial charge is 0.336 e. The summed E-state index contributed by atoms with van der Waals surface area (Å²) in [7, 11) is 0. The molecule has 5 heteroatoms. The third-order valence-electron chi connectivity index (χ3n) is 3.77. The van der Waals surface area contributed by atoms with Crippen molar-refractivity contribution < 1.29 is 4.79 Å². The maximum atomic E-state index is 12.0. The molecular weight excluding hydrogens is 252 g/mol. The summed E-state index contributed by atoms with van der Waals surface area (Å²) >= 11 is 0. The molecule has 0 bridgehead atoms. The molecule has 1 aromatic rings. The molecule has 1 aliphatic heterocycles. The fourth-order valence-electron chi connectivity index (χ4n) is 2.26. The zero-order valence-electron chi connectivity index (χ0n) is 12.4. The Hall–Kier alpha value is -1.62. The molecule has 2 heterocycles. The SMILES string of the molecule is CCC(C)NC(=O)N1CCN(Cc2cccnc2)CC1. The number of carbonyl (C=O) groups is 1. The lowest BCUT2D eigenvalue weighted by Gasteiger charge is -2.35. The molecule has 20 heavy (non-hydrogen) atoms. The van der Waals surface area contributed by atoms with E-state index in [1.807, 2.05) is 24.1 Å². The number of amides is 2. The normalized spacial score (nSPS) is 17.8. The van der Waals surface area contributed by atoms with E-state index in [4.69, 9.17) is 0 Å². The molecule has 0 radical (unpaired) electrons. The van der Waals surface area contributed by atoms with Gasteiger partial charge in [0.05, 0.1) is 0 Å². The van der Waals surface area contributed by atoms with Crippen LogP contribution < -0.4 is 5.32 Å². The van der Waals surface area contributed by atoms with E-state index in [1.165, 1.54) is 5.56 Å². The van der Waals surface area contributed by atoms with Crippen molar-refractivity contribution in [3.05, 3.63) is 30.1 Å². The van der Waals surface area contributed by atoms with Crippen molar-refractivity contribution in [3.63, 3.8) is 0 Å². The average Bonchev–Trinajstić information content (AvgIpc) is 2.49. The molecule has 0 aromatic carbocycles. The first-order valence-corrected chi connectivity index (χ1v) is 7.35. The first-order chi connectivity index (χ1) is 9.69. The highest BCUT2D eigenvalue weighted by atomic mass is 16.2. The van der Waals surface area contributed by atoms with Crippen LogP contribution in [0.1, 0.15) is 25.8 Å². The number of nitrogens with zero attached hydrogens (tertiary/aromatic N) is 3. The summed E-state index contributed by atoms with van der Waals surface area (Å²) in [5.41, 5.74) is 1.23. The molecule has 1 atom stereocenters. The van der Waals surface area contributed by atoms with Crippen molar-refractivity contribution in [3.8, 4) is 0 Å². The van der Waals surface area contributed by atoms with Crippen LogP contribution in [0.25, 0.3) is 0 Å². The van der Waals surface area contributed by atoms with Crippen molar-refractivity contribution in [2.75, 3.05) is 26.2 Å². The van der Waals surface area contributed by atoms with Gasteiger partial charge in [0.2, 0.25) is 0 Å². The summed E-state index contributed by atoms with van der Waals surface area (Å²) in [6.45, 7) is 8.46. The zero-order chi connectivity index (χ0) is 14.4. The van der Waals surface area contributed by atoms with Gasteiger partial charge in [-0.2, -0.15) is 0 Å². The highest BCUT2D eigenvalue weighted by molar-refractivity contribution is 5.74. The van der Waals surface area contributed by atoms with Crippen molar-refractivity contribution in [1.29, 1.82) is 0 Å². The topological polar surface area (TPSA) is 48.5 Å². The van der Waals surface area contributed by atoms with Gasteiger partial charge >= 0.3 is 6.03 Å². The van der Waals surface area contributed by atoms with E-state index in [0.717, 1.165) is 39.1 Å². The average molecular weight is 276 g/mol. The molecular formula is C15H24N4O. The fourth-order valence-corrected chi connectivity index (χ4v) is 2.26. The van der Waals surface area contributed by atoms with E-state index in [0.29, 0.717) is 0 Å². The Morgan fingerprint density at radius 1 is 1.40 bits per heavy atom. The van der Waals surface area contributed by atoms with E-state index in [-0.39, 0.29) is 12.1 Å². The first kappa shape index (κ1) is 14.8. The molecule has 0 saturated carbocycles. The number of carbonyl (C=O) groups excluding carboxylic acids is 1. The summed E-state index contributed by atoms with van der Waals surface area (Å²) in [5, 5.41) is 3.02.